The van der Waals surface area contributed by atoms with Crippen molar-refractivity contribution in [3.05, 3.63) is 52.8 Å². The Kier molecular flexibility index (Phi) is 4.57. The molecule has 3 N–H and O–H groups in total. The Morgan fingerprint density at radius 3 is 2.60 bits per heavy atom. The van der Waals surface area contributed by atoms with E-state index < -0.39 is 0 Å². The molecule has 6 heteroatoms. The predicted molar refractivity (Wildman–Crippen MR) is 79.1 cm³/mol. The highest BCUT2D eigenvalue weighted by Gasteiger charge is 2.05. The van der Waals surface area contributed by atoms with E-state index in [-0.39, 0.29) is 22.8 Å². The number of halogens is 2. The number of nitrogens with two attached hydrogens (primary N) is 1. The van der Waals surface area contributed by atoms with Crippen LogP contribution in [0.1, 0.15) is 0 Å². The van der Waals surface area contributed by atoms with E-state index >= 15 is 0 Å². The van der Waals surface area contributed by atoms with Crippen molar-refractivity contribution in [1.29, 1.82) is 0 Å². The summed E-state index contributed by atoms with van der Waals surface area (Å²) in [6.07, 6.45) is 0. The molecule has 2 aromatic rings. The number of carbonyl (C=O) groups is 1. The summed E-state index contributed by atoms with van der Waals surface area (Å²) in [5, 5.41) is 2.66. The molecule has 0 bridgehead atoms. The quantitative estimate of drug-likeness (QED) is 0.841. The summed E-state index contributed by atoms with van der Waals surface area (Å²) in [5.41, 5.74) is 6.80. The third-order valence-electron chi connectivity index (χ3n) is 2.46. The standard InChI is InChI=1S/C14H12BrFN2O2/c15-12-7-11(5-6-13(12)16)20-8-14(19)18-10-3-1-9(17)2-4-10/h1-7H,8,17H2,(H,18,19). The molecule has 0 spiro atoms. The number of nitrogens with one attached hydrogen (secondary N) is 1. The van der Waals surface area contributed by atoms with Gasteiger partial charge in [0.1, 0.15) is 11.6 Å². The zero-order valence-electron chi connectivity index (χ0n) is 10.4. The van der Waals surface area contributed by atoms with Gasteiger partial charge in [0.25, 0.3) is 5.91 Å². The number of hydrogen-bond acceptors (Lipinski definition) is 3. The first-order valence-electron chi connectivity index (χ1n) is 5.78. The lowest BCUT2D eigenvalue weighted by Crippen LogP contribution is -2.20. The van der Waals surface area contributed by atoms with Crippen LogP contribution in [0.2, 0.25) is 0 Å². The van der Waals surface area contributed by atoms with Crippen molar-refractivity contribution in [2.75, 3.05) is 17.7 Å². The van der Waals surface area contributed by atoms with Gasteiger partial charge in [-0.2, -0.15) is 0 Å². The Morgan fingerprint density at radius 2 is 1.95 bits per heavy atom. The first-order valence-corrected chi connectivity index (χ1v) is 6.57. The van der Waals surface area contributed by atoms with Crippen molar-refractivity contribution in [2.24, 2.45) is 0 Å². The van der Waals surface area contributed by atoms with Crippen LogP contribution in [0.25, 0.3) is 0 Å². The average molecular weight is 339 g/mol. The maximum absolute atomic E-state index is 13.0. The molecule has 0 aliphatic rings. The zero-order chi connectivity index (χ0) is 14.5. The van der Waals surface area contributed by atoms with Crippen molar-refractivity contribution >= 4 is 33.2 Å². The molecule has 20 heavy (non-hydrogen) atoms. The van der Waals surface area contributed by atoms with Gasteiger partial charge in [0.15, 0.2) is 6.61 Å². The van der Waals surface area contributed by atoms with Crippen LogP contribution in [0.15, 0.2) is 46.9 Å². The maximum atomic E-state index is 13.0. The highest BCUT2D eigenvalue weighted by Crippen LogP contribution is 2.21. The minimum Gasteiger partial charge on any atom is -0.484 e. The average Bonchev–Trinajstić information content (AvgIpc) is 2.43. The molecule has 0 atom stereocenters. The second-order valence-electron chi connectivity index (χ2n) is 4.03. The molecule has 0 saturated heterocycles. The summed E-state index contributed by atoms with van der Waals surface area (Å²) in [5.74, 6) is -0.287. The first-order chi connectivity index (χ1) is 9.54. The van der Waals surface area contributed by atoms with Crippen LogP contribution < -0.4 is 15.8 Å². The van der Waals surface area contributed by atoms with Crippen LogP contribution in [0, 0.1) is 5.82 Å². The third kappa shape index (κ3) is 3.96. The molecule has 2 aromatic carbocycles. The van der Waals surface area contributed by atoms with Crippen molar-refractivity contribution in [1.82, 2.24) is 0 Å². The van der Waals surface area contributed by atoms with Crippen LogP contribution in [-0.2, 0) is 4.79 Å². The van der Waals surface area contributed by atoms with Gasteiger partial charge in [-0.1, -0.05) is 0 Å². The maximum Gasteiger partial charge on any atom is 0.262 e. The second-order valence-corrected chi connectivity index (χ2v) is 4.89. The normalized spacial score (nSPS) is 10.1. The molecule has 1 amide bonds. The molecule has 2 rings (SSSR count). The molecule has 0 saturated carbocycles. The summed E-state index contributed by atoms with van der Waals surface area (Å²) in [4.78, 5) is 11.7. The smallest absolute Gasteiger partial charge is 0.262 e. The van der Waals surface area contributed by atoms with Crippen molar-refractivity contribution in [3.8, 4) is 5.75 Å². The minimum absolute atomic E-state index is 0.164. The number of hydrogen-bond donors (Lipinski definition) is 2. The lowest BCUT2D eigenvalue weighted by molar-refractivity contribution is -0.118. The molecular formula is C14H12BrFN2O2. The largest absolute Gasteiger partial charge is 0.484 e. The molecule has 0 fully saturated rings. The monoisotopic (exact) mass is 338 g/mol. The van der Waals surface area contributed by atoms with Crippen molar-refractivity contribution < 1.29 is 13.9 Å². The van der Waals surface area contributed by atoms with Crippen LogP contribution in [-0.4, -0.2) is 12.5 Å². The number of ether oxygens (including phenoxy) is 1. The van der Waals surface area contributed by atoms with Crippen molar-refractivity contribution in [3.63, 3.8) is 0 Å². The van der Waals surface area contributed by atoms with Gasteiger partial charge in [0.05, 0.1) is 4.47 Å². The zero-order valence-corrected chi connectivity index (χ0v) is 12.0. The van der Waals surface area contributed by atoms with E-state index in [1.165, 1.54) is 18.2 Å². The van der Waals surface area contributed by atoms with Crippen LogP contribution >= 0.6 is 15.9 Å². The number of carbonyl (C=O) groups excluding carboxylic acids is 1. The summed E-state index contributed by atoms with van der Waals surface area (Å²) in [7, 11) is 0. The SMILES string of the molecule is Nc1ccc(NC(=O)COc2ccc(F)c(Br)c2)cc1. The van der Waals surface area contributed by atoms with Gasteiger partial charge >= 0.3 is 0 Å². The van der Waals surface area contributed by atoms with E-state index in [1.54, 1.807) is 24.3 Å². The fourth-order valence-electron chi connectivity index (χ4n) is 1.48. The number of amides is 1. The number of anilines is 2. The molecule has 0 radical (unpaired) electrons. The topological polar surface area (TPSA) is 64.3 Å². The molecule has 104 valence electrons. The lowest BCUT2D eigenvalue weighted by atomic mass is 10.3. The molecule has 0 unspecified atom stereocenters. The third-order valence-corrected chi connectivity index (χ3v) is 3.06. The molecule has 0 aliphatic heterocycles. The van der Waals surface area contributed by atoms with E-state index in [4.69, 9.17) is 10.5 Å². The molecule has 0 aromatic heterocycles. The van der Waals surface area contributed by atoms with E-state index in [2.05, 4.69) is 21.2 Å². The van der Waals surface area contributed by atoms with Gasteiger partial charge in [0, 0.05) is 11.4 Å². The van der Waals surface area contributed by atoms with E-state index in [0.717, 1.165) is 0 Å². The predicted octanol–water partition coefficient (Wildman–Crippen LogP) is 3.19. The van der Waals surface area contributed by atoms with E-state index in [9.17, 15) is 9.18 Å². The highest BCUT2D eigenvalue weighted by molar-refractivity contribution is 9.10. The first kappa shape index (κ1) is 14.3. The second kappa shape index (κ2) is 6.38. The van der Waals surface area contributed by atoms with Gasteiger partial charge in [-0.25, -0.2) is 4.39 Å². The van der Waals surface area contributed by atoms with Crippen molar-refractivity contribution in [2.45, 2.75) is 0 Å². The molecule has 0 aliphatic carbocycles. The van der Waals surface area contributed by atoms with Gasteiger partial charge in [0.2, 0.25) is 0 Å². The summed E-state index contributed by atoms with van der Waals surface area (Å²) in [6.45, 7) is -0.164. The van der Waals surface area contributed by atoms with Gasteiger partial charge in [-0.3, -0.25) is 4.79 Å². The number of nitrogen functional groups attached to an aromatic ring is 1. The lowest BCUT2D eigenvalue weighted by Gasteiger charge is -2.08. The molecule has 0 heterocycles. The fraction of sp³-hybridized carbons (Fsp3) is 0.0714. The van der Waals surface area contributed by atoms with Gasteiger partial charge in [-0.05, 0) is 58.4 Å². The van der Waals surface area contributed by atoms with Gasteiger partial charge < -0.3 is 15.8 Å². The molecule has 4 nitrogen and oxygen atoms in total. The van der Waals surface area contributed by atoms with Gasteiger partial charge in [-0.15, -0.1) is 0 Å². The Balaban J connectivity index is 1.88. The Hall–Kier alpha value is -2.08. The van der Waals surface area contributed by atoms with Crippen LogP contribution in [0.4, 0.5) is 15.8 Å². The van der Waals surface area contributed by atoms with Crippen LogP contribution in [0.5, 0.6) is 5.75 Å². The number of rotatable bonds is 4. The molecular weight excluding hydrogens is 327 g/mol. The van der Waals surface area contributed by atoms with E-state index in [1.807, 2.05) is 0 Å². The summed E-state index contributed by atoms with van der Waals surface area (Å²) in [6, 6.07) is 10.9. The van der Waals surface area contributed by atoms with E-state index in [0.29, 0.717) is 17.1 Å². The minimum atomic E-state index is -0.385. The fourth-order valence-corrected chi connectivity index (χ4v) is 1.84. The Morgan fingerprint density at radius 1 is 1.25 bits per heavy atom. The summed E-state index contributed by atoms with van der Waals surface area (Å²) >= 11 is 3.05. The highest BCUT2D eigenvalue weighted by atomic mass is 79.9. The number of benzene rings is 2. The summed E-state index contributed by atoms with van der Waals surface area (Å²) < 4.78 is 18.6. The Bertz CT molecular complexity index is 617. The van der Waals surface area contributed by atoms with Crippen LogP contribution in [0.3, 0.4) is 0 Å². The Labute approximate surface area is 123 Å².